The molecule has 158 valence electrons. The van der Waals surface area contributed by atoms with Gasteiger partial charge in [-0.05, 0) is 56.5 Å². The lowest BCUT2D eigenvalue weighted by Crippen LogP contribution is -2.36. The highest BCUT2D eigenvalue weighted by atomic mass is 79.9. The average molecular weight is 505 g/mol. The third kappa shape index (κ3) is 11.0. The molecule has 2 rings (SSSR count). The summed E-state index contributed by atoms with van der Waals surface area (Å²) in [7, 11) is -3.39. The molecule has 1 fully saturated rings. The summed E-state index contributed by atoms with van der Waals surface area (Å²) in [5, 5.41) is 7.02. The van der Waals surface area contributed by atoms with E-state index < -0.39 is 10.0 Å². The first-order valence-corrected chi connectivity index (χ1v) is 11.5. The minimum atomic E-state index is -3.39. The van der Waals surface area contributed by atoms with Crippen LogP contribution < -0.4 is 15.4 Å². The van der Waals surface area contributed by atoms with Crippen LogP contribution in [0.5, 0.6) is 0 Å². The normalized spacial score (nSPS) is 15.0. The minimum Gasteiger partial charge on any atom is -0.315 e. The third-order valence-electron chi connectivity index (χ3n) is 4.54. The molecule has 1 aromatic rings. The lowest BCUT2D eigenvalue weighted by molar-refractivity contribution is 0.372. The Hall–Kier alpha value is 0.110. The van der Waals surface area contributed by atoms with Crippen LogP contribution in [0.2, 0.25) is 0 Å². The van der Waals surface area contributed by atoms with Gasteiger partial charge in [0, 0.05) is 30.1 Å². The lowest BCUT2D eigenvalue weighted by atomic mass is 9.95. The van der Waals surface area contributed by atoms with Crippen LogP contribution >= 0.6 is 40.7 Å². The SMILES string of the molecule is Cl.Cl.O=S(=O)(NCCCCNCCNC1CCCCC1)c1ccc(Br)cc1. The van der Waals surface area contributed by atoms with E-state index in [4.69, 9.17) is 0 Å². The lowest BCUT2D eigenvalue weighted by Gasteiger charge is -2.22. The number of unbranched alkanes of at least 4 members (excludes halogenated alkanes) is 1. The summed E-state index contributed by atoms with van der Waals surface area (Å²) in [6.07, 6.45) is 8.55. The Kier molecular flexibility index (Phi) is 15.1. The van der Waals surface area contributed by atoms with E-state index in [1.165, 1.54) is 32.1 Å². The second-order valence-electron chi connectivity index (χ2n) is 6.60. The Morgan fingerprint density at radius 3 is 2.19 bits per heavy atom. The van der Waals surface area contributed by atoms with Crippen molar-refractivity contribution in [1.29, 1.82) is 0 Å². The molecular formula is C18H32BrCl2N3O2S. The van der Waals surface area contributed by atoms with Gasteiger partial charge in [0.25, 0.3) is 0 Å². The highest BCUT2D eigenvalue weighted by Gasteiger charge is 2.13. The molecule has 1 aromatic carbocycles. The fourth-order valence-electron chi connectivity index (χ4n) is 3.08. The summed E-state index contributed by atoms with van der Waals surface area (Å²) in [6.45, 7) is 3.38. The zero-order chi connectivity index (χ0) is 18.0. The van der Waals surface area contributed by atoms with Crippen LogP contribution in [0.1, 0.15) is 44.9 Å². The van der Waals surface area contributed by atoms with Crippen molar-refractivity contribution in [3.8, 4) is 0 Å². The van der Waals surface area contributed by atoms with Gasteiger partial charge in [0.2, 0.25) is 10.0 Å². The molecule has 5 nitrogen and oxygen atoms in total. The van der Waals surface area contributed by atoms with Gasteiger partial charge < -0.3 is 10.6 Å². The average Bonchev–Trinajstić information content (AvgIpc) is 2.61. The molecule has 0 amide bonds. The quantitative estimate of drug-likeness (QED) is 0.400. The molecule has 0 unspecified atom stereocenters. The monoisotopic (exact) mass is 503 g/mol. The van der Waals surface area contributed by atoms with E-state index in [9.17, 15) is 8.42 Å². The Labute approximate surface area is 184 Å². The van der Waals surface area contributed by atoms with Crippen molar-refractivity contribution in [1.82, 2.24) is 15.4 Å². The Morgan fingerprint density at radius 1 is 0.889 bits per heavy atom. The van der Waals surface area contributed by atoms with Crippen molar-refractivity contribution < 1.29 is 8.42 Å². The van der Waals surface area contributed by atoms with Gasteiger partial charge in [-0.25, -0.2) is 13.1 Å². The number of hydrogen-bond donors (Lipinski definition) is 3. The van der Waals surface area contributed by atoms with Crippen molar-refractivity contribution >= 4 is 50.8 Å². The maximum Gasteiger partial charge on any atom is 0.240 e. The van der Waals surface area contributed by atoms with Gasteiger partial charge in [-0.1, -0.05) is 35.2 Å². The second-order valence-corrected chi connectivity index (χ2v) is 9.28. The van der Waals surface area contributed by atoms with Gasteiger partial charge in [0.15, 0.2) is 0 Å². The maximum absolute atomic E-state index is 12.1. The van der Waals surface area contributed by atoms with E-state index >= 15 is 0 Å². The van der Waals surface area contributed by atoms with Crippen molar-refractivity contribution in [2.24, 2.45) is 0 Å². The van der Waals surface area contributed by atoms with Crippen molar-refractivity contribution in [3.05, 3.63) is 28.7 Å². The smallest absolute Gasteiger partial charge is 0.240 e. The molecule has 1 saturated carbocycles. The van der Waals surface area contributed by atoms with E-state index in [0.29, 0.717) is 17.5 Å². The largest absolute Gasteiger partial charge is 0.315 e. The van der Waals surface area contributed by atoms with E-state index in [1.807, 2.05) is 0 Å². The fraction of sp³-hybridized carbons (Fsp3) is 0.667. The maximum atomic E-state index is 12.1. The number of rotatable bonds is 11. The summed E-state index contributed by atoms with van der Waals surface area (Å²) in [4.78, 5) is 0.308. The van der Waals surface area contributed by atoms with E-state index in [0.717, 1.165) is 36.9 Å². The molecule has 0 bridgehead atoms. The fourth-order valence-corrected chi connectivity index (χ4v) is 4.41. The number of halogens is 3. The zero-order valence-corrected chi connectivity index (χ0v) is 19.6. The molecule has 0 atom stereocenters. The molecule has 0 saturated heterocycles. The van der Waals surface area contributed by atoms with Crippen LogP contribution in [0.3, 0.4) is 0 Å². The molecule has 0 spiro atoms. The van der Waals surface area contributed by atoms with Gasteiger partial charge in [0.1, 0.15) is 0 Å². The Morgan fingerprint density at radius 2 is 1.52 bits per heavy atom. The van der Waals surface area contributed by atoms with Crippen LogP contribution in [0.25, 0.3) is 0 Å². The van der Waals surface area contributed by atoms with Gasteiger partial charge in [-0.3, -0.25) is 0 Å². The summed E-state index contributed by atoms with van der Waals surface area (Å²) in [5.41, 5.74) is 0. The molecule has 3 N–H and O–H groups in total. The Bertz CT molecular complexity index is 597. The molecule has 0 heterocycles. The van der Waals surface area contributed by atoms with Crippen molar-refractivity contribution in [3.63, 3.8) is 0 Å². The molecule has 0 aliphatic heterocycles. The topological polar surface area (TPSA) is 70.2 Å². The predicted octanol–water partition coefficient (Wildman–Crippen LogP) is 3.86. The highest BCUT2D eigenvalue weighted by molar-refractivity contribution is 9.10. The highest BCUT2D eigenvalue weighted by Crippen LogP contribution is 2.17. The first-order chi connectivity index (χ1) is 12.1. The number of sulfonamides is 1. The molecule has 1 aliphatic carbocycles. The molecule has 0 aromatic heterocycles. The Balaban J connectivity index is 0.00000338. The predicted molar refractivity (Wildman–Crippen MR) is 121 cm³/mol. The standard InChI is InChI=1S/C18H30BrN3O2S.2ClH/c19-16-8-10-18(11-9-16)25(23,24)22-13-5-4-12-20-14-15-21-17-6-2-1-3-7-17;;/h8-11,17,20-22H,1-7,12-15H2;2*1H. The summed E-state index contributed by atoms with van der Waals surface area (Å²) >= 11 is 3.31. The minimum absolute atomic E-state index is 0. The van der Waals surface area contributed by atoms with Crippen LogP contribution in [-0.4, -0.2) is 40.6 Å². The first kappa shape index (κ1) is 27.1. The van der Waals surface area contributed by atoms with Crippen LogP contribution in [0.15, 0.2) is 33.6 Å². The van der Waals surface area contributed by atoms with E-state index in [1.54, 1.807) is 24.3 Å². The number of nitrogens with one attached hydrogen (secondary N) is 3. The third-order valence-corrected chi connectivity index (χ3v) is 6.54. The van der Waals surface area contributed by atoms with Crippen molar-refractivity contribution in [2.45, 2.75) is 55.9 Å². The van der Waals surface area contributed by atoms with E-state index in [2.05, 4.69) is 31.3 Å². The number of hydrogen-bond acceptors (Lipinski definition) is 4. The summed E-state index contributed by atoms with van der Waals surface area (Å²) in [6, 6.07) is 7.39. The van der Waals surface area contributed by atoms with Crippen LogP contribution in [0, 0.1) is 0 Å². The van der Waals surface area contributed by atoms with Gasteiger partial charge in [0.05, 0.1) is 4.90 Å². The summed E-state index contributed by atoms with van der Waals surface area (Å²) in [5.74, 6) is 0. The van der Waals surface area contributed by atoms with Gasteiger partial charge >= 0.3 is 0 Å². The van der Waals surface area contributed by atoms with Gasteiger partial charge in [-0.2, -0.15) is 0 Å². The zero-order valence-electron chi connectivity index (χ0n) is 15.6. The van der Waals surface area contributed by atoms with Crippen molar-refractivity contribution in [2.75, 3.05) is 26.2 Å². The first-order valence-electron chi connectivity index (χ1n) is 9.27. The number of benzene rings is 1. The molecular weight excluding hydrogens is 473 g/mol. The second kappa shape index (κ2) is 15.0. The van der Waals surface area contributed by atoms with Crippen LogP contribution in [-0.2, 0) is 10.0 Å². The molecule has 27 heavy (non-hydrogen) atoms. The molecule has 9 heteroatoms. The molecule has 0 radical (unpaired) electrons. The van der Waals surface area contributed by atoms with Gasteiger partial charge in [-0.15, -0.1) is 24.8 Å². The molecule has 1 aliphatic rings. The van der Waals surface area contributed by atoms with E-state index in [-0.39, 0.29) is 24.8 Å². The summed E-state index contributed by atoms with van der Waals surface area (Å²) < 4.78 is 27.8. The van der Waals surface area contributed by atoms with Crippen LogP contribution in [0.4, 0.5) is 0 Å².